The van der Waals surface area contributed by atoms with E-state index in [1.165, 1.54) is 0 Å². The van der Waals surface area contributed by atoms with E-state index < -0.39 is 0 Å². The molecule has 0 radical (unpaired) electrons. The van der Waals surface area contributed by atoms with Crippen LogP contribution < -0.4 is 0 Å². The molecule has 0 bridgehead atoms. The van der Waals surface area contributed by atoms with Gasteiger partial charge in [-0.3, -0.25) is 0 Å². The van der Waals surface area contributed by atoms with Crippen molar-refractivity contribution in [3.05, 3.63) is 0 Å². The van der Waals surface area contributed by atoms with Crippen molar-refractivity contribution in [2.45, 2.75) is 67.2 Å². The monoisotopic (exact) mass is 218 g/mol. The standard InChI is InChI=1S/C16H26/c1-15(2,3)13-11-9-7-8-10-12-14-16(4,5)6/h11-14H2,1-6H3. The Labute approximate surface area is 102 Å². The summed E-state index contributed by atoms with van der Waals surface area (Å²) in [7, 11) is 0. The average molecular weight is 218 g/mol. The molecule has 0 saturated carbocycles. The summed E-state index contributed by atoms with van der Waals surface area (Å²) in [5.41, 5.74) is 0.767. The van der Waals surface area contributed by atoms with Gasteiger partial charge in [-0.05, 0) is 35.5 Å². The third-order valence-corrected chi connectivity index (χ3v) is 2.24. The zero-order valence-corrected chi connectivity index (χ0v) is 11.8. The molecule has 0 saturated heterocycles. The minimum atomic E-state index is 0.383. The van der Waals surface area contributed by atoms with Gasteiger partial charge >= 0.3 is 0 Å². The highest BCUT2D eigenvalue weighted by atomic mass is 14.1. The Bertz CT molecular complexity index is 264. The Morgan fingerprint density at radius 3 is 1.19 bits per heavy atom. The van der Waals surface area contributed by atoms with E-state index in [0.29, 0.717) is 10.8 Å². The summed E-state index contributed by atoms with van der Waals surface area (Å²) in [6.07, 6.45) is 4.20. The highest BCUT2D eigenvalue weighted by Crippen LogP contribution is 2.20. The van der Waals surface area contributed by atoms with E-state index >= 15 is 0 Å². The van der Waals surface area contributed by atoms with Crippen molar-refractivity contribution in [3.8, 4) is 23.7 Å². The van der Waals surface area contributed by atoms with E-state index in [4.69, 9.17) is 0 Å². The number of rotatable bonds is 2. The molecule has 0 spiro atoms. The fourth-order valence-electron chi connectivity index (χ4n) is 1.09. The lowest BCUT2D eigenvalue weighted by molar-refractivity contribution is 0.383. The summed E-state index contributed by atoms with van der Waals surface area (Å²) in [4.78, 5) is 0. The van der Waals surface area contributed by atoms with Crippen LogP contribution in [0, 0.1) is 34.5 Å². The molecular formula is C16H26. The summed E-state index contributed by atoms with van der Waals surface area (Å²) in [6.45, 7) is 13.4. The minimum Gasteiger partial charge on any atom is -0.0891 e. The summed E-state index contributed by atoms with van der Waals surface area (Å²) in [5, 5.41) is 0. The highest BCUT2D eigenvalue weighted by molar-refractivity contribution is 5.25. The van der Waals surface area contributed by atoms with E-state index in [1.54, 1.807) is 0 Å². The van der Waals surface area contributed by atoms with Crippen molar-refractivity contribution < 1.29 is 0 Å². The predicted molar refractivity (Wildman–Crippen MR) is 72.9 cm³/mol. The molecule has 0 rings (SSSR count). The maximum Gasteiger partial charge on any atom is 0.0104 e. The first-order valence-electron chi connectivity index (χ1n) is 6.16. The molecule has 0 atom stereocenters. The lowest BCUT2D eigenvalue weighted by Crippen LogP contribution is -2.03. The number of hydrogen-bond donors (Lipinski definition) is 0. The molecule has 0 aliphatic heterocycles. The quantitative estimate of drug-likeness (QED) is 0.592. The molecule has 0 aromatic carbocycles. The Hall–Kier alpha value is -0.880. The van der Waals surface area contributed by atoms with Crippen LogP contribution in [0.4, 0.5) is 0 Å². The van der Waals surface area contributed by atoms with E-state index in [-0.39, 0.29) is 0 Å². The molecule has 0 N–H and O–H groups in total. The van der Waals surface area contributed by atoms with Gasteiger partial charge in [0.05, 0.1) is 0 Å². The van der Waals surface area contributed by atoms with Gasteiger partial charge in [0, 0.05) is 12.8 Å². The van der Waals surface area contributed by atoms with Gasteiger partial charge in [0.2, 0.25) is 0 Å². The smallest absolute Gasteiger partial charge is 0.0104 e. The normalized spacial score (nSPS) is 11.1. The van der Waals surface area contributed by atoms with Crippen molar-refractivity contribution in [2.24, 2.45) is 10.8 Å². The summed E-state index contributed by atoms with van der Waals surface area (Å²) >= 11 is 0. The Morgan fingerprint density at radius 2 is 0.938 bits per heavy atom. The van der Waals surface area contributed by atoms with E-state index in [1.807, 2.05) is 0 Å². The van der Waals surface area contributed by atoms with Crippen LogP contribution in [0.15, 0.2) is 0 Å². The molecule has 0 heteroatoms. The third kappa shape index (κ3) is 13.1. The van der Waals surface area contributed by atoms with E-state index in [0.717, 1.165) is 25.7 Å². The first-order chi connectivity index (χ1) is 7.21. The van der Waals surface area contributed by atoms with Crippen LogP contribution in [0.3, 0.4) is 0 Å². The average Bonchev–Trinajstić information content (AvgIpc) is 2.06. The van der Waals surface area contributed by atoms with Crippen LogP contribution in [0.5, 0.6) is 0 Å². The zero-order valence-electron chi connectivity index (χ0n) is 11.8. The maximum atomic E-state index is 3.12. The molecular weight excluding hydrogens is 192 g/mol. The highest BCUT2D eigenvalue weighted by Gasteiger charge is 2.08. The van der Waals surface area contributed by atoms with Crippen molar-refractivity contribution in [2.75, 3.05) is 0 Å². The second-order valence-electron chi connectivity index (χ2n) is 6.72. The van der Waals surface area contributed by atoms with E-state index in [9.17, 15) is 0 Å². The molecule has 0 amide bonds. The fourth-order valence-corrected chi connectivity index (χ4v) is 1.09. The maximum absolute atomic E-state index is 3.12. The first-order valence-corrected chi connectivity index (χ1v) is 6.16. The molecule has 0 heterocycles. The van der Waals surface area contributed by atoms with Crippen molar-refractivity contribution in [3.63, 3.8) is 0 Å². The lowest BCUT2D eigenvalue weighted by atomic mass is 9.91. The Balaban J connectivity index is 3.73. The number of hydrogen-bond acceptors (Lipinski definition) is 0. The topological polar surface area (TPSA) is 0 Å². The largest absolute Gasteiger partial charge is 0.0891 e. The van der Waals surface area contributed by atoms with Gasteiger partial charge in [-0.15, -0.1) is 0 Å². The summed E-state index contributed by atoms with van der Waals surface area (Å²) in [6, 6.07) is 0. The van der Waals surface area contributed by atoms with Crippen LogP contribution in [-0.2, 0) is 0 Å². The molecule has 0 aromatic rings. The molecule has 0 aromatic heterocycles. The van der Waals surface area contributed by atoms with Crippen molar-refractivity contribution in [1.82, 2.24) is 0 Å². The second-order valence-corrected chi connectivity index (χ2v) is 6.72. The Kier molecular flexibility index (Phi) is 6.28. The van der Waals surface area contributed by atoms with Gasteiger partial charge in [0.1, 0.15) is 0 Å². The predicted octanol–water partition coefficient (Wildman–Crippen LogP) is 4.65. The van der Waals surface area contributed by atoms with E-state index in [2.05, 4.69) is 65.2 Å². The minimum absolute atomic E-state index is 0.383. The summed E-state index contributed by atoms with van der Waals surface area (Å²) < 4.78 is 0. The fraction of sp³-hybridized carbons (Fsp3) is 0.750. The van der Waals surface area contributed by atoms with Crippen molar-refractivity contribution in [1.29, 1.82) is 0 Å². The second kappa shape index (κ2) is 6.65. The Morgan fingerprint density at radius 1 is 0.625 bits per heavy atom. The van der Waals surface area contributed by atoms with Crippen LogP contribution >= 0.6 is 0 Å². The van der Waals surface area contributed by atoms with Crippen LogP contribution in [-0.4, -0.2) is 0 Å². The van der Waals surface area contributed by atoms with Crippen molar-refractivity contribution >= 4 is 0 Å². The first kappa shape index (κ1) is 15.1. The molecule has 0 aliphatic rings. The third-order valence-electron chi connectivity index (χ3n) is 2.24. The lowest BCUT2D eigenvalue weighted by Gasteiger charge is -2.15. The molecule has 0 unspecified atom stereocenters. The molecule has 0 aliphatic carbocycles. The molecule has 90 valence electrons. The molecule has 0 fully saturated rings. The van der Waals surface area contributed by atoms with Gasteiger partial charge in [0.25, 0.3) is 0 Å². The van der Waals surface area contributed by atoms with Gasteiger partial charge in [-0.2, -0.15) is 0 Å². The van der Waals surface area contributed by atoms with Gasteiger partial charge < -0.3 is 0 Å². The summed E-state index contributed by atoms with van der Waals surface area (Å²) in [5.74, 6) is 12.1. The van der Waals surface area contributed by atoms with Crippen LogP contribution in [0.25, 0.3) is 0 Å². The molecule has 16 heavy (non-hydrogen) atoms. The van der Waals surface area contributed by atoms with Gasteiger partial charge in [-0.25, -0.2) is 0 Å². The zero-order chi connectivity index (χ0) is 12.7. The van der Waals surface area contributed by atoms with Crippen LogP contribution in [0.1, 0.15) is 67.2 Å². The SMILES string of the molecule is CC(C)(C)CCC#CC#CCCC(C)(C)C. The van der Waals surface area contributed by atoms with Gasteiger partial charge in [-0.1, -0.05) is 53.4 Å². The molecule has 0 nitrogen and oxygen atoms in total. The van der Waals surface area contributed by atoms with Gasteiger partial charge in [0.15, 0.2) is 0 Å². The van der Waals surface area contributed by atoms with Crippen LogP contribution in [0.2, 0.25) is 0 Å².